The second-order valence-electron chi connectivity index (χ2n) is 10.8. The van der Waals surface area contributed by atoms with Crippen molar-refractivity contribution in [1.29, 1.82) is 0 Å². The molecule has 2 aromatic rings. The van der Waals surface area contributed by atoms with Crippen LogP contribution in [0.15, 0.2) is 18.2 Å². The minimum absolute atomic E-state index is 0.0382. The van der Waals surface area contributed by atoms with Crippen LogP contribution in [0.25, 0.3) is 5.69 Å². The molecule has 0 spiro atoms. The molecule has 1 amide bonds. The number of amides is 1. The van der Waals surface area contributed by atoms with Crippen LogP contribution >= 0.6 is 23.2 Å². The van der Waals surface area contributed by atoms with Crippen molar-refractivity contribution in [1.82, 2.24) is 20.2 Å². The van der Waals surface area contributed by atoms with Crippen LogP contribution in [0.2, 0.25) is 10.0 Å². The molecule has 2 bridgehead atoms. The number of halogens is 2. The SMILES string of the molecule is O=C(NN(C1CCCCC1)C1CCCCC1)c1nn(-c2ccc(Cl)cc2Cl)c2c1[C@H]1CC[C@H]2C1. The molecule has 0 saturated heterocycles. The van der Waals surface area contributed by atoms with Crippen molar-refractivity contribution < 1.29 is 4.79 Å². The number of carbonyl (C=O) groups excluding carboxylic acids is 1. The lowest BCUT2D eigenvalue weighted by Crippen LogP contribution is -2.55. The molecular weight excluding hydrogens is 467 g/mol. The number of hydrogen-bond acceptors (Lipinski definition) is 3. The van der Waals surface area contributed by atoms with Gasteiger partial charge in [-0.3, -0.25) is 10.2 Å². The first-order chi connectivity index (χ1) is 16.6. The van der Waals surface area contributed by atoms with Crippen molar-refractivity contribution in [3.8, 4) is 5.69 Å². The summed E-state index contributed by atoms with van der Waals surface area (Å²) in [5.41, 5.74) is 7.17. The molecule has 1 aromatic carbocycles. The van der Waals surface area contributed by atoms with Crippen LogP contribution in [-0.2, 0) is 0 Å². The van der Waals surface area contributed by atoms with Gasteiger partial charge in [-0.05, 0) is 69.1 Å². The molecule has 1 N–H and O–H groups in total. The van der Waals surface area contributed by atoms with Crippen LogP contribution in [0.1, 0.15) is 117 Å². The van der Waals surface area contributed by atoms with E-state index in [-0.39, 0.29) is 5.91 Å². The maximum absolute atomic E-state index is 13.9. The van der Waals surface area contributed by atoms with Crippen LogP contribution in [0.3, 0.4) is 0 Å². The minimum atomic E-state index is -0.0382. The number of fused-ring (bicyclic) bond motifs is 5. The molecule has 4 aliphatic rings. The maximum Gasteiger partial charge on any atom is 0.286 e. The Morgan fingerprint density at radius 1 is 0.912 bits per heavy atom. The van der Waals surface area contributed by atoms with Crippen molar-refractivity contribution in [2.75, 3.05) is 0 Å². The van der Waals surface area contributed by atoms with E-state index >= 15 is 0 Å². The summed E-state index contributed by atoms with van der Waals surface area (Å²) >= 11 is 12.8. The zero-order valence-corrected chi connectivity index (χ0v) is 21.3. The monoisotopic (exact) mass is 500 g/mol. The average Bonchev–Trinajstić information content (AvgIpc) is 3.57. The quantitative estimate of drug-likeness (QED) is 0.443. The first-order valence-electron chi connectivity index (χ1n) is 13.3. The zero-order chi connectivity index (χ0) is 23.2. The fraction of sp³-hybridized carbons (Fsp3) is 0.630. The van der Waals surface area contributed by atoms with E-state index in [1.54, 1.807) is 6.07 Å². The third kappa shape index (κ3) is 4.08. The van der Waals surface area contributed by atoms with Gasteiger partial charge in [0.1, 0.15) is 0 Å². The van der Waals surface area contributed by atoms with Crippen molar-refractivity contribution in [2.45, 2.75) is 107 Å². The molecule has 0 unspecified atom stereocenters. The van der Waals surface area contributed by atoms with Gasteiger partial charge < -0.3 is 0 Å². The Kier molecular flexibility index (Phi) is 6.38. The van der Waals surface area contributed by atoms with Gasteiger partial charge in [-0.2, -0.15) is 5.10 Å². The standard InChI is InChI=1S/C27H34Cl2N4O/c28-19-13-14-23(22(29)16-19)33-26-18-12-11-17(15-18)24(26)25(30-33)27(34)31-32(20-7-3-1-4-8-20)21-9-5-2-6-10-21/h13-14,16-18,20-21H,1-12,15H2,(H,31,34)/t17-,18-/m0/s1. The molecule has 5 nitrogen and oxygen atoms in total. The molecule has 182 valence electrons. The molecule has 3 fully saturated rings. The number of hydrogen-bond donors (Lipinski definition) is 1. The Hall–Kier alpha value is -1.56. The largest absolute Gasteiger partial charge is 0.286 e. The van der Waals surface area contributed by atoms with Gasteiger partial charge in [-0.25, -0.2) is 9.69 Å². The number of carbonyl (C=O) groups is 1. The van der Waals surface area contributed by atoms with Gasteiger partial charge in [-0.1, -0.05) is 61.7 Å². The zero-order valence-electron chi connectivity index (χ0n) is 19.7. The van der Waals surface area contributed by atoms with Crippen LogP contribution in [-0.4, -0.2) is 32.8 Å². The first kappa shape index (κ1) is 22.9. The number of nitrogens with zero attached hydrogens (tertiary/aromatic N) is 3. The van der Waals surface area contributed by atoms with E-state index in [0.717, 1.165) is 30.5 Å². The number of nitrogens with one attached hydrogen (secondary N) is 1. The molecule has 34 heavy (non-hydrogen) atoms. The Labute approximate surface area is 212 Å². The van der Waals surface area contributed by atoms with Gasteiger partial charge in [0.15, 0.2) is 5.69 Å². The number of aromatic nitrogens is 2. The highest BCUT2D eigenvalue weighted by Gasteiger charge is 2.45. The van der Waals surface area contributed by atoms with E-state index in [1.165, 1.54) is 69.9 Å². The average molecular weight is 502 g/mol. The lowest BCUT2D eigenvalue weighted by molar-refractivity contribution is 0.0252. The lowest BCUT2D eigenvalue weighted by atomic mass is 9.90. The topological polar surface area (TPSA) is 50.2 Å². The number of hydrazine groups is 1. The molecule has 7 heteroatoms. The van der Waals surface area contributed by atoms with Crippen molar-refractivity contribution >= 4 is 29.1 Å². The van der Waals surface area contributed by atoms with Gasteiger partial charge in [0.05, 0.1) is 16.4 Å². The second-order valence-corrected chi connectivity index (χ2v) is 11.6. The summed E-state index contributed by atoms with van der Waals surface area (Å²) in [6, 6.07) is 6.41. The molecular formula is C27H34Cl2N4O. The fourth-order valence-electron chi connectivity index (χ4n) is 7.10. The van der Waals surface area contributed by atoms with Gasteiger partial charge in [0.2, 0.25) is 0 Å². The van der Waals surface area contributed by atoms with E-state index in [1.807, 2.05) is 16.8 Å². The molecule has 6 rings (SSSR count). The van der Waals surface area contributed by atoms with Crippen molar-refractivity contribution in [2.24, 2.45) is 0 Å². The highest BCUT2D eigenvalue weighted by atomic mass is 35.5. The summed E-state index contributed by atoms with van der Waals surface area (Å²) in [6.45, 7) is 0. The van der Waals surface area contributed by atoms with Crippen LogP contribution in [0.5, 0.6) is 0 Å². The maximum atomic E-state index is 13.9. The lowest BCUT2D eigenvalue weighted by Gasteiger charge is -2.41. The highest BCUT2D eigenvalue weighted by molar-refractivity contribution is 6.35. The highest BCUT2D eigenvalue weighted by Crippen LogP contribution is 2.55. The van der Waals surface area contributed by atoms with Crippen LogP contribution in [0, 0.1) is 0 Å². The molecule has 4 aliphatic carbocycles. The van der Waals surface area contributed by atoms with Crippen molar-refractivity contribution in [3.63, 3.8) is 0 Å². The van der Waals surface area contributed by atoms with Gasteiger partial charge in [-0.15, -0.1) is 0 Å². The third-order valence-electron chi connectivity index (χ3n) is 8.71. The summed E-state index contributed by atoms with van der Waals surface area (Å²) in [7, 11) is 0. The Bertz CT molecular complexity index is 1050. The van der Waals surface area contributed by atoms with E-state index in [0.29, 0.717) is 39.7 Å². The summed E-state index contributed by atoms with van der Waals surface area (Å²) in [5.74, 6) is 0.843. The smallest absolute Gasteiger partial charge is 0.283 e. The Balaban J connectivity index is 1.35. The Morgan fingerprint density at radius 3 is 2.21 bits per heavy atom. The van der Waals surface area contributed by atoms with Crippen LogP contribution < -0.4 is 5.43 Å². The summed E-state index contributed by atoms with van der Waals surface area (Å²) in [6.07, 6.45) is 15.8. The van der Waals surface area contributed by atoms with Gasteiger partial charge in [0, 0.05) is 28.6 Å². The second kappa shape index (κ2) is 9.48. The third-order valence-corrected chi connectivity index (χ3v) is 9.24. The van der Waals surface area contributed by atoms with E-state index in [9.17, 15) is 4.79 Å². The summed E-state index contributed by atoms with van der Waals surface area (Å²) < 4.78 is 1.94. The Morgan fingerprint density at radius 2 is 1.56 bits per heavy atom. The fourth-order valence-corrected chi connectivity index (χ4v) is 7.59. The normalized spacial score (nSPS) is 25.1. The summed E-state index contributed by atoms with van der Waals surface area (Å²) in [4.78, 5) is 13.9. The van der Waals surface area contributed by atoms with Gasteiger partial charge >= 0.3 is 0 Å². The first-order valence-corrected chi connectivity index (χ1v) is 14.0. The molecule has 1 aromatic heterocycles. The molecule has 0 aliphatic heterocycles. The molecule has 3 saturated carbocycles. The molecule has 2 atom stereocenters. The van der Waals surface area contributed by atoms with E-state index < -0.39 is 0 Å². The van der Waals surface area contributed by atoms with Crippen LogP contribution in [0.4, 0.5) is 0 Å². The number of rotatable bonds is 5. The van der Waals surface area contributed by atoms with Gasteiger partial charge in [0.25, 0.3) is 5.91 Å². The van der Waals surface area contributed by atoms with Crippen molar-refractivity contribution in [3.05, 3.63) is 45.2 Å². The summed E-state index contributed by atoms with van der Waals surface area (Å²) in [5, 5.41) is 8.46. The number of benzene rings is 1. The van der Waals surface area contributed by atoms with E-state index in [4.69, 9.17) is 28.3 Å². The predicted octanol–water partition coefficient (Wildman–Crippen LogP) is 7.16. The predicted molar refractivity (Wildman–Crippen MR) is 136 cm³/mol. The van der Waals surface area contributed by atoms with E-state index in [2.05, 4.69) is 10.4 Å². The minimum Gasteiger partial charge on any atom is -0.283 e. The molecule has 0 radical (unpaired) electrons. The molecule has 1 heterocycles.